The molecule has 98 valence electrons. The molecule has 0 atom stereocenters. The van der Waals surface area contributed by atoms with E-state index < -0.39 is 0 Å². The van der Waals surface area contributed by atoms with E-state index in [1.165, 1.54) is 0 Å². The van der Waals surface area contributed by atoms with Crippen LogP contribution < -0.4 is 4.74 Å². The Morgan fingerprint density at radius 3 is 2.95 bits per heavy atom. The monoisotopic (exact) mass is 255 g/mol. The summed E-state index contributed by atoms with van der Waals surface area (Å²) in [5.41, 5.74) is 1.58. The quantitative estimate of drug-likeness (QED) is 0.766. The van der Waals surface area contributed by atoms with Crippen molar-refractivity contribution >= 4 is 16.7 Å². The second kappa shape index (κ2) is 5.00. The van der Waals surface area contributed by atoms with E-state index in [0.29, 0.717) is 6.61 Å². The molecule has 0 radical (unpaired) electrons. The molecule has 1 fully saturated rings. The molecule has 0 saturated heterocycles. The average Bonchev–Trinajstić information content (AvgIpc) is 3.28. The molecule has 0 bridgehead atoms. The normalized spacial score (nSPS) is 14.6. The van der Waals surface area contributed by atoms with Crippen LogP contribution in [-0.4, -0.2) is 17.4 Å². The molecule has 2 aromatic rings. The highest BCUT2D eigenvalue weighted by Gasteiger charge is 2.31. The number of fused-ring (bicyclic) bond motifs is 1. The van der Waals surface area contributed by atoms with Crippen molar-refractivity contribution in [2.45, 2.75) is 26.2 Å². The highest BCUT2D eigenvalue weighted by molar-refractivity contribution is 6.10. The van der Waals surface area contributed by atoms with Crippen LogP contribution in [0.5, 0.6) is 5.75 Å². The standard InChI is InChI=1S/C16H17NO2/c1-2-10-19-14-8-7-13(16(18)11-5-6-11)12-4-3-9-17-15(12)14/h3-4,7-9,11H,2,5-6,10H2,1H3. The molecular weight excluding hydrogens is 238 g/mol. The van der Waals surface area contributed by atoms with E-state index in [9.17, 15) is 4.79 Å². The molecule has 1 saturated carbocycles. The van der Waals surface area contributed by atoms with Crippen molar-refractivity contribution in [3.63, 3.8) is 0 Å². The van der Waals surface area contributed by atoms with Crippen molar-refractivity contribution in [2.24, 2.45) is 5.92 Å². The van der Waals surface area contributed by atoms with Crippen molar-refractivity contribution in [1.29, 1.82) is 0 Å². The van der Waals surface area contributed by atoms with Gasteiger partial charge in [0, 0.05) is 23.1 Å². The fraction of sp³-hybridized carbons (Fsp3) is 0.375. The average molecular weight is 255 g/mol. The molecule has 1 heterocycles. The molecule has 0 N–H and O–H groups in total. The summed E-state index contributed by atoms with van der Waals surface area (Å²) in [6.45, 7) is 2.74. The van der Waals surface area contributed by atoms with Crippen LogP contribution in [0.1, 0.15) is 36.5 Å². The fourth-order valence-corrected chi connectivity index (χ4v) is 2.26. The van der Waals surface area contributed by atoms with Crippen molar-refractivity contribution in [3.05, 3.63) is 36.0 Å². The molecule has 0 aliphatic heterocycles. The third-order valence-corrected chi connectivity index (χ3v) is 3.41. The number of Topliss-reactive ketones (excluding diaryl/α,β-unsaturated/α-hetero) is 1. The van der Waals surface area contributed by atoms with Crippen LogP contribution in [0.2, 0.25) is 0 Å². The number of ether oxygens (including phenoxy) is 1. The number of hydrogen-bond donors (Lipinski definition) is 0. The molecule has 3 nitrogen and oxygen atoms in total. The number of rotatable bonds is 5. The molecule has 0 spiro atoms. The Labute approximate surface area is 112 Å². The van der Waals surface area contributed by atoms with Gasteiger partial charge >= 0.3 is 0 Å². The van der Waals surface area contributed by atoms with E-state index in [2.05, 4.69) is 11.9 Å². The van der Waals surface area contributed by atoms with Gasteiger partial charge in [-0.05, 0) is 37.5 Å². The number of carbonyl (C=O) groups is 1. The molecule has 19 heavy (non-hydrogen) atoms. The van der Waals surface area contributed by atoms with Crippen LogP contribution in [0.15, 0.2) is 30.5 Å². The molecule has 0 amide bonds. The van der Waals surface area contributed by atoms with Crippen LogP contribution in [-0.2, 0) is 0 Å². The van der Waals surface area contributed by atoms with Gasteiger partial charge in [-0.1, -0.05) is 13.0 Å². The number of ketones is 1. The molecule has 3 rings (SSSR count). The Hall–Kier alpha value is -1.90. The lowest BCUT2D eigenvalue weighted by molar-refractivity contribution is 0.0969. The summed E-state index contributed by atoms with van der Waals surface area (Å²) >= 11 is 0. The first kappa shape index (κ1) is 12.2. The van der Waals surface area contributed by atoms with E-state index in [-0.39, 0.29) is 11.7 Å². The first-order valence-corrected chi connectivity index (χ1v) is 6.86. The minimum absolute atomic E-state index is 0.228. The van der Waals surface area contributed by atoms with Crippen molar-refractivity contribution in [3.8, 4) is 5.75 Å². The molecular formula is C16H17NO2. The van der Waals surface area contributed by atoms with Gasteiger partial charge in [0.15, 0.2) is 5.78 Å². The number of nitrogens with zero attached hydrogens (tertiary/aromatic N) is 1. The van der Waals surface area contributed by atoms with Crippen LogP contribution in [0.25, 0.3) is 10.9 Å². The molecule has 1 aromatic carbocycles. The number of aromatic nitrogens is 1. The second-order valence-electron chi connectivity index (χ2n) is 5.00. The highest BCUT2D eigenvalue weighted by Crippen LogP contribution is 2.36. The predicted molar refractivity (Wildman–Crippen MR) is 74.6 cm³/mol. The zero-order valence-electron chi connectivity index (χ0n) is 11.1. The van der Waals surface area contributed by atoms with Gasteiger partial charge < -0.3 is 4.74 Å². The third-order valence-electron chi connectivity index (χ3n) is 3.41. The van der Waals surface area contributed by atoms with Gasteiger partial charge in [0.05, 0.1) is 6.61 Å². The number of hydrogen-bond acceptors (Lipinski definition) is 3. The second-order valence-corrected chi connectivity index (χ2v) is 5.00. The van der Waals surface area contributed by atoms with E-state index in [1.807, 2.05) is 24.3 Å². The summed E-state index contributed by atoms with van der Waals surface area (Å²) in [6, 6.07) is 7.59. The zero-order valence-corrected chi connectivity index (χ0v) is 11.1. The van der Waals surface area contributed by atoms with E-state index in [0.717, 1.165) is 41.5 Å². The summed E-state index contributed by atoms with van der Waals surface area (Å²) in [7, 11) is 0. The van der Waals surface area contributed by atoms with E-state index in [1.54, 1.807) is 6.20 Å². The SMILES string of the molecule is CCCOc1ccc(C(=O)C2CC2)c2cccnc12. The van der Waals surface area contributed by atoms with Crippen LogP contribution in [0.3, 0.4) is 0 Å². The Bertz CT molecular complexity index is 617. The summed E-state index contributed by atoms with van der Waals surface area (Å²) < 4.78 is 5.71. The topological polar surface area (TPSA) is 39.2 Å². The van der Waals surface area contributed by atoms with Gasteiger partial charge in [0.25, 0.3) is 0 Å². The first-order valence-electron chi connectivity index (χ1n) is 6.86. The maximum absolute atomic E-state index is 12.3. The van der Waals surface area contributed by atoms with Gasteiger partial charge in [0.1, 0.15) is 11.3 Å². The first-order chi connectivity index (χ1) is 9.31. The molecule has 1 aliphatic rings. The highest BCUT2D eigenvalue weighted by atomic mass is 16.5. The number of pyridine rings is 1. The maximum atomic E-state index is 12.3. The van der Waals surface area contributed by atoms with Gasteiger partial charge in [0.2, 0.25) is 0 Å². The summed E-state index contributed by atoms with van der Waals surface area (Å²) in [6.07, 6.45) is 4.74. The summed E-state index contributed by atoms with van der Waals surface area (Å²) in [5, 5.41) is 0.910. The smallest absolute Gasteiger partial charge is 0.166 e. The summed E-state index contributed by atoms with van der Waals surface area (Å²) in [5.74, 6) is 1.25. The number of benzene rings is 1. The van der Waals surface area contributed by atoms with Gasteiger partial charge in [-0.3, -0.25) is 9.78 Å². The minimum Gasteiger partial charge on any atom is -0.491 e. The largest absolute Gasteiger partial charge is 0.491 e. The third kappa shape index (κ3) is 2.33. The minimum atomic E-state index is 0.228. The molecule has 1 aromatic heterocycles. The predicted octanol–water partition coefficient (Wildman–Crippen LogP) is 3.62. The van der Waals surface area contributed by atoms with Crippen molar-refractivity contribution in [1.82, 2.24) is 4.98 Å². The van der Waals surface area contributed by atoms with Crippen LogP contribution in [0, 0.1) is 5.92 Å². The van der Waals surface area contributed by atoms with Crippen LogP contribution >= 0.6 is 0 Å². The molecule has 3 heteroatoms. The summed E-state index contributed by atoms with van der Waals surface area (Å²) in [4.78, 5) is 16.7. The van der Waals surface area contributed by atoms with Crippen molar-refractivity contribution < 1.29 is 9.53 Å². The van der Waals surface area contributed by atoms with Crippen molar-refractivity contribution in [2.75, 3.05) is 6.61 Å². The Morgan fingerprint density at radius 2 is 2.21 bits per heavy atom. The Balaban J connectivity index is 2.07. The van der Waals surface area contributed by atoms with E-state index >= 15 is 0 Å². The maximum Gasteiger partial charge on any atom is 0.166 e. The lowest BCUT2D eigenvalue weighted by Crippen LogP contribution is -2.04. The van der Waals surface area contributed by atoms with Gasteiger partial charge in [-0.15, -0.1) is 0 Å². The van der Waals surface area contributed by atoms with Gasteiger partial charge in [-0.25, -0.2) is 0 Å². The van der Waals surface area contributed by atoms with Crippen LogP contribution in [0.4, 0.5) is 0 Å². The Kier molecular flexibility index (Phi) is 3.20. The lowest BCUT2D eigenvalue weighted by Gasteiger charge is -2.10. The molecule has 0 unspecified atom stereocenters. The van der Waals surface area contributed by atoms with Gasteiger partial charge in [-0.2, -0.15) is 0 Å². The Morgan fingerprint density at radius 1 is 1.37 bits per heavy atom. The fourth-order valence-electron chi connectivity index (χ4n) is 2.26. The molecule has 1 aliphatic carbocycles. The van der Waals surface area contributed by atoms with E-state index in [4.69, 9.17) is 4.74 Å². The zero-order chi connectivity index (χ0) is 13.2. The lowest BCUT2D eigenvalue weighted by atomic mass is 10.0. The number of carbonyl (C=O) groups excluding carboxylic acids is 1.